The molecule has 0 bridgehead atoms. The van der Waals surface area contributed by atoms with E-state index in [1.807, 2.05) is 30.3 Å². The standard InChI is InChI=1S/C22H15FN2O2/c23-17-9-13(5-6-18(17)26)20-16-11-25-22-21(16)15(7-8-24-22)14-4-2-1-3-12(14)10-19(20)27/h1-9,11,20,26H,10H2,(H,24,25). The van der Waals surface area contributed by atoms with E-state index in [0.717, 1.165) is 27.6 Å². The van der Waals surface area contributed by atoms with E-state index in [9.17, 15) is 14.3 Å². The lowest BCUT2D eigenvalue weighted by atomic mass is 9.80. The van der Waals surface area contributed by atoms with Gasteiger partial charge in [-0.15, -0.1) is 0 Å². The number of benzene rings is 2. The van der Waals surface area contributed by atoms with Gasteiger partial charge < -0.3 is 10.1 Å². The first kappa shape index (κ1) is 15.8. The number of rotatable bonds is 1. The molecule has 1 aliphatic carbocycles. The van der Waals surface area contributed by atoms with E-state index in [1.165, 1.54) is 12.1 Å². The molecule has 5 heteroatoms. The van der Waals surface area contributed by atoms with Crippen molar-refractivity contribution in [1.29, 1.82) is 0 Å². The molecule has 0 radical (unpaired) electrons. The van der Waals surface area contributed by atoms with E-state index in [-0.39, 0.29) is 12.2 Å². The van der Waals surface area contributed by atoms with Crippen LogP contribution in [0.15, 0.2) is 60.9 Å². The van der Waals surface area contributed by atoms with Gasteiger partial charge in [-0.2, -0.15) is 0 Å². The van der Waals surface area contributed by atoms with Gasteiger partial charge in [-0.25, -0.2) is 9.37 Å². The Labute approximate surface area is 154 Å². The monoisotopic (exact) mass is 358 g/mol. The number of phenols is 1. The lowest BCUT2D eigenvalue weighted by Gasteiger charge is -2.22. The Balaban J connectivity index is 1.84. The van der Waals surface area contributed by atoms with Crippen molar-refractivity contribution in [3.8, 4) is 16.9 Å². The fourth-order valence-electron chi connectivity index (χ4n) is 4.00. The van der Waals surface area contributed by atoms with Crippen LogP contribution in [0.2, 0.25) is 0 Å². The smallest absolute Gasteiger partial charge is 0.165 e. The fourth-order valence-corrected chi connectivity index (χ4v) is 4.00. The van der Waals surface area contributed by atoms with Crippen LogP contribution in [0.1, 0.15) is 22.6 Å². The van der Waals surface area contributed by atoms with Crippen LogP contribution in [0.4, 0.5) is 4.39 Å². The quantitative estimate of drug-likeness (QED) is 0.532. The maximum atomic E-state index is 14.0. The number of fused-ring (bicyclic) bond motifs is 2. The Morgan fingerprint density at radius 1 is 1.11 bits per heavy atom. The summed E-state index contributed by atoms with van der Waals surface area (Å²) in [5.41, 5.74) is 4.93. The Morgan fingerprint density at radius 3 is 2.81 bits per heavy atom. The summed E-state index contributed by atoms with van der Waals surface area (Å²) in [6.45, 7) is 0. The highest BCUT2D eigenvalue weighted by atomic mass is 19.1. The predicted molar refractivity (Wildman–Crippen MR) is 100 cm³/mol. The molecular formula is C22H15FN2O2. The van der Waals surface area contributed by atoms with E-state index < -0.39 is 17.5 Å². The molecule has 1 unspecified atom stereocenters. The van der Waals surface area contributed by atoms with E-state index in [2.05, 4.69) is 9.97 Å². The number of carbonyl (C=O) groups is 1. The first-order valence-corrected chi connectivity index (χ1v) is 8.69. The van der Waals surface area contributed by atoms with Gasteiger partial charge in [-0.1, -0.05) is 30.3 Å². The number of hydrogen-bond donors (Lipinski definition) is 2. The van der Waals surface area contributed by atoms with E-state index >= 15 is 0 Å². The Bertz CT molecular complexity index is 1210. The molecule has 1 atom stereocenters. The maximum absolute atomic E-state index is 14.0. The van der Waals surface area contributed by atoms with Gasteiger partial charge in [0, 0.05) is 24.2 Å². The van der Waals surface area contributed by atoms with E-state index in [4.69, 9.17) is 0 Å². The molecule has 132 valence electrons. The number of carbonyl (C=O) groups excluding carboxylic acids is 1. The highest BCUT2D eigenvalue weighted by molar-refractivity contribution is 6.04. The largest absolute Gasteiger partial charge is 0.505 e. The molecular weight excluding hydrogens is 343 g/mol. The van der Waals surface area contributed by atoms with Crippen molar-refractivity contribution in [2.45, 2.75) is 12.3 Å². The van der Waals surface area contributed by atoms with Crippen molar-refractivity contribution >= 4 is 16.8 Å². The number of phenolic OH excluding ortho intramolecular Hbond substituents is 1. The van der Waals surface area contributed by atoms with Crippen LogP contribution in [0.3, 0.4) is 0 Å². The van der Waals surface area contributed by atoms with Crippen LogP contribution < -0.4 is 0 Å². The first-order chi connectivity index (χ1) is 13.1. The molecule has 0 aliphatic heterocycles. The minimum absolute atomic E-state index is 0.0251. The number of hydrogen-bond acceptors (Lipinski definition) is 3. The number of aromatic nitrogens is 2. The highest BCUT2D eigenvalue weighted by Crippen LogP contribution is 2.41. The summed E-state index contributed by atoms with van der Waals surface area (Å²) in [5.74, 6) is -1.82. The lowest BCUT2D eigenvalue weighted by molar-refractivity contribution is -0.119. The molecule has 0 amide bonds. The number of aromatic hydroxyl groups is 1. The van der Waals surface area contributed by atoms with Crippen molar-refractivity contribution in [3.63, 3.8) is 0 Å². The first-order valence-electron chi connectivity index (χ1n) is 8.69. The second-order valence-electron chi connectivity index (χ2n) is 6.77. The summed E-state index contributed by atoms with van der Waals surface area (Å²) in [7, 11) is 0. The molecule has 0 saturated carbocycles. The molecule has 2 aromatic heterocycles. The molecule has 0 saturated heterocycles. The second-order valence-corrected chi connectivity index (χ2v) is 6.77. The number of nitrogens with one attached hydrogen (secondary N) is 1. The Morgan fingerprint density at radius 2 is 1.96 bits per heavy atom. The van der Waals surface area contributed by atoms with Crippen molar-refractivity contribution in [1.82, 2.24) is 9.97 Å². The van der Waals surface area contributed by atoms with Crippen molar-refractivity contribution in [3.05, 3.63) is 83.4 Å². The third kappa shape index (κ3) is 2.35. The second kappa shape index (κ2) is 5.77. The van der Waals surface area contributed by atoms with Crippen molar-refractivity contribution < 1.29 is 14.3 Å². The van der Waals surface area contributed by atoms with Crippen LogP contribution in [-0.4, -0.2) is 20.9 Å². The van der Waals surface area contributed by atoms with Gasteiger partial charge >= 0.3 is 0 Å². The molecule has 0 spiro atoms. The third-order valence-corrected chi connectivity index (χ3v) is 5.21. The topological polar surface area (TPSA) is 66.0 Å². The average Bonchev–Trinajstić information content (AvgIpc) is 3.08. The molecule has 1 aliphatic rings. The minimum atomic E-state index is -0.735. The van der Waals surface area contributed by atoms with Crippen LogP contribution in [0.5, 0.6) is 5.75 Å². The molecule has 2 heterocycles. The van der Waals surface area contributed by atoms with Gasteiger partial charge in [0.1, 0.15) is 11.4 Å². The number of aromatic amines is 1. The van der Waals surface area contributed by atoms with E-state index in [0.29, 0.717) is 11.2 Å². The summed E-state index contributed by atoms with van der Waals surface area (Å²) in [4.78, 5) is 20.8. The van der Waals surface area contributed by atoms with Crippen molar-refractivity contribution in [2.75, 3.05) is 0 Å². The third-order valence-electron chi connectivity index (χ3n) is 5.21. The SMILES string of the molecule is O=C1Cc2ccccc2-c2ccnc3[nH]cc(c23)C1c1ccc(O)c(F)c1. The minimum Gasteiger partial charge on any atom is -0.505 e. The summed E-state index contributed by atoms with van der Waals surface area (Å²) >= 11 is 0. The van der Waals surface area contributed by atoms with Gasteiger partial charge in [0.25, 0.3) is 0 Å². The normalized spacial score (nSPS) is 16.0. The Hall–Kier alpha value is -3.47. The zero-order valence-electron chi connectivity index (χ0n) is 14.2. The zero-order chi connectivity index (χ0) is 18.5. The van der Waals surface area contributed by atoms with E-state index in [1.54, 1.807) is 18.5 Å². The molecule has 2 aromatic carbocycles. The van der Waals surface area contributed by atoms with Crippen LogP contribution >= 0.6 is 0 Å². The number of pyridine rings is 1. The summed E-state index contributed by atoms with van der Waals surface area (Å²) < 4.78 is 14.0. The van der Waals surface area contributed by atoms with Gasteiger partial charge in [0.15, 0.2) is 11.6 Å². The molecule has 27 heavy (non-hydrogen) atoms. The zero-order valence-corrected chi connectivity index (χ0v) is 14.2. The summed E-state index contributed by atoms with van der Waals surface area (Å²) in [6, 6.07) is 13.9. The number of Topliss-reactive ketones (excluding diaryl/α,β-unsaturated/α-hetero) is 1. The number of ketones is 1. The maximum Gasteiger partial charge on any atom is 0.165 e. The number of nitrogens with zero attached hydrogens (tertiary/aromatic N) is 1. The Kier molecular flexibility index (Phi) is 3.37. The molecule has 5 rings (SSSR count). The molecule has 4 nitrogen and oxygen atoms in total. The van der Waals surface area contributed by atoms with Gasteiger partial charge in [0.2, 0.25) is 0 Å². The lowest BCUT2D eigenvalue weighted by Crippen LogP contribution is -2.18. The average molecular weight is 358 g/mol. The van der Waals surface area contributed by atoms with Crippen LogP contribution in [0, 0.1) is 5.82 Å². The number of halogens is 1. The van der Waals surface area contributed by atoms with Crippen LogP contribution in [0.25, 0.3) is 22.2 Å². The van der Waals surface area contributed by atoms with Crippen molar-refractivity contribution in [2.24, 2.45) is 0 Å². The summed E-state index contributed by atoms with van der Waals surface area (Å²) in [5, 5.41) is 10.4. The van der Waals surface area contributed by atoms with Crippen LogP contribution in [-0.2, 0) is 11.2 Å². The highest BCUT2D eigenvalue weighted by Gasteiger charge is 2.30. The predicted octanol–water partition coefficient (Wildman–Crippen LogP) is 4.33. The van der Waals surface area contributed by atoms with Gasteiger partial charge in [-0.3, -0.25) is 4.79 Å². The molecule has 0 fully saturated rings. The molecule has 4 aromatic rings. The summed E-state index contributed by atoms with van der Waals surface area (Å²) in [6.07, 6.45) is 3.77. The fraction of sp³-hybridized carbons (Fsp3) is 0.0909. The van der Waals surface area contributed by atoms with Gasteiger partial charge in [0.05, 0.1) is 5.92 Å². The van der Waals surface area contributed by atoms with Gasteiger partial charge in [-0.05, 0) is 46.0 Å². The molecule has 2 N–H and O–H groups in total. The number of H-pyrrole nitrogens is 1.